The summed E-state index contributed by atoms with van der Waals surface area (Å²) in [6.07, 6.45) is 0.657. The molecule has 0 saturated heterocycles. The Morgan fingerprint density at radius 1 is 1.15 bits per heavy atom. The Hall–Kier alpha value is -2.36. The molecule has 0 amide bonds. The third-order valence-electron chi connectivity index (χ3n) is 3.11. The first kappa shape index (κ1) is 12.7. The Labute approximate surface area is 116 Å². The highest BCUT2D eigenvalue weighted by atomic mass is 19.1. The van der Waals surface area contributed by atoms with Crippen LogP contribution in [-0.4, -0.2) is 11.5 Å². The summed E-state index contributed by atoms with van der Waals surface area (Å²) in [4.78, 5) is 4.27. The van der Waals surface area contributed by atoms with Crippen LogP contribution in [0.2, 0.25) is 0 Å². The number of hydrogen-bond acceptors (Lipinski definition) is 3. The second kappa shape index (κ2) is 5.33. The summed E-state index contributed by atoms with van der Waals surface area (Å²) in [6.45, 7) is 2.78. The molecule has 20 heavy (non-hydrogen) atoms. The molecule has 0 atom stereocenters. The molecule has 0 spiro atoms. The number of rotatable bonds is 4. The molecule has 3 nitrogen and oxygen atoms in total. The SMILES string of the molecule is Cc1ccc(NCCc2nc3cc(F)ccc3o2)cc1. The third kappa shape index (κ3) is 2.79. The summed E-state index contributed by atoms with van der Waals surface area (Å²) < 4.78 is 18.6. The molecule has 1 heterocycles. The first-order valence-corrected chi connectivity index (χ1v) is 6.56. The van der Waals surface area contributed by atoms with Crippen LogP contribution in [0.25, 0.3) is 11.1 Å². The highest BCUT2D eigenvalue weighted by Crippen LogP contribution is 2.17. The molecule has 0 aliphatic heterocycles. The van der Waals surface area contributed by atoms with Crippen molar-refractivity contribution in [2.24, 2.45) is 0 Å². The number of anilines is 1. The fraction of sp³-hybridized carbons (Fsp3) is 0.188. The van der Waals surface area contributed by atoms with Gasteiger partial charge in [-0.05, 0) is 31.2 Å². The largest absolute Gasteiger partial charge is 0.441 e. The van der Waals surface area contributed by atoms with Crippen molar-refractivity contribution in [2.45, 2.75) is 13.3 Å². The molecule has 102 valence electrons. The van der Waals surface area contributed by atoms with Crippen LogP contribution >= 0.6 is 0 Å². The second-order valence-corrected chi connectivity index (χ2v) is 4.76. The lowest BCUT2D eigenvalue weighted by Gasteiger charge is -2.04. The predicted octanol–water partition coefficient (Wildman–Crippen LogP) is 3.93. The third-order valence-corrected chi connectivity index (χ3v) is 3.11. The molecule has 0 radical (unpaired) electrons. The number of oxazole rings is 1. The van der Waals surface area contributed by atoms with E-state index in [0.717, 1.165) is 12.2 Å². The molecule has 4 heteroatoms. The molecular formula is C16H15FN2O. The highest BCUT2D eigenvalue weighted by Gasteiger charge is 2.06. The number of fused-ring (bicyclic) bond motifs is 1. The molecule has 1 N–H and O–H groups in total. The maximum Gasteiger partial charge on any atom is 0.197 e. The van der Waals surface area contributed by atoms with E-state index >= 15 is 0 Å². The zero-order chi connectivity index (χ0) is 13.9. The Kier molecular flexibility index (Phi) is 3.37. The summed E-state index contributed by atoms with van der Waals surface area (Å²) in [5.74, 6) is 0.320. The van der Waals surface area contributed by atoms with Crippen LogP contribution in [0.1, 0.15) is 11.5 Å². The van der Waals surface area contributed by atoms with Gasteiger partial charge in [0.1, 0.15) is 11.3 Å². The Balaban J connectivity index is 1.63. The molecule has 0 unspecified atom stereocenters. The minimum Gasteiger partial charge on any atom is -0.441 e. The van der Waals surface area contributed by atoms with Gasteiger partial charge in [0.05, 0.1) is 0 Å². The molecule has 1 aromatic heterocycles. The van der Waals surface area contributed by atoms with Gasteiger partial charge in [-0.3, -0.25) is 0 Å². The molecule has 2 aromatic carbocycles. The molecule has 0 aliphatic carbocycles. The molecule has 3 rings (SSSR count). The van der Waals surface area contributed by atoms with Crippen molar-refractivity contribution in [3.05, 3.63) is 59.7 Å². The van der Waals surface area contributed by atoms with E-state index in [-0.39, 0.29) is 5.82 Å². The van der Waals surface area contributed by atoms with Gasteiger partial charge in [0, 0.05) is 24.7 Å². The standard InChI is InChI=1S/C16H15FN2O/c1-11-2-5-13(6-3-11)18-9-8-16-19-14-10-12(17)4-7-15(14)20-16/h2-7,10,18H,8-9H2,1H3. The van der Waals surface area contributed by atoms with Crippen molar-refractivity contribution < 1.29 is 8.81 Å². The summed E-state index contributed by atoms with van der Waals surface area (Å²) in [7, 11) is 0. The fourth-order valence-corrected chi connectivity index (χ4v) is 2.04. The van der Waals surface area contributed by atoms with E-state index in [4.69, 9.17) is 4.42 Å². The Morgan fingerprint density at radius 2 is 1.95 bits per heavy atom. The van der Waals surface area contributed by atoms with Crippen LogP contribution in [0.5, 0.6) is 0 Å². The van der Waals surface area contributed by atoms with Crippen molar-refractivity contribution in [2.75, 3.05) is 11.9 Å². The van der Waals surface area contributed by atoms with E-state index in [9.17, 15) is 4.39 Å². The number of halogens is 1. The summed E-state index contributed by atoms with van der Waals surface area (Å²) in [6, 6.07) is 12.6. The van der Waals surface area contributed by atoms with E-state index < -0.39 is 0 Å². The smallest absolute Gasteiger partial charge is 0.197 e. The van der Waals surface area contributed by atoms with E-state index in [0.29, 0.717) is 23.4 Å². The van der Waals surface area contributed by atoms with Gasteiger partial charge in [-0.15, -0.1) is 0 Å². The number of aryl methyl sites for hydroxylation is 1. The maximum atomic E-state index is 13.1. The van der Waals surface area contributed by atoms with Gasteiger partial charge in [0.2, 0.25) is 0 Å². The number of nitrogens with one attached hydrogen (secondary N) is 1. The number of nitrogens with zero attached hydrogens (tertiary/aromatic N) is 1. The molecule has 0 bridgehead atoms. The number of aromatic nitrogens is 1. The minimum absolute atomic E-state index is 0.296. The summed E-state index contributed by atoms with van der Waals surface area (Å²) >= 11 is 0. The van der Waals surface area contributed by atoms with Gasteiger partial charge in [0.15, 0.2) is 11.5 Å². The van der Waals surface area contributed by atoms with E-state index in [1.807, 2.05) is 12.1 Å². The molecule has 3 aromatic rings. The van der Waals surface area contributed by atoms with Crippen LogP contribution in [0.4, 0.5) is 10.1 Å². The van der Waals surface area contributed by atoms with Crippen molar-refractivity contribution in [3.63, 3.8) is 0 Å². The van der Waals surface area contributed by atoms with Crippen molar-refractivity contribution in [1.29, 1.82) is 0 Å². The van der Waals surface area contributed by atoms with Crippen LogP contribution in [0.3, 0.4) is 0 Å². The van der Waals surface area contributed by atoms with Crippen LogP contribution in [0.15, 0.2) is 46.9 Å². The zero-order valence-electron chi connectivity index (χ0n) is 11.2. The van der Waals surface area contributed by atoms with E-state index in [1.165, 1.54) is 17.7 Å². The van der Waals surface area contributed by atoms with Crippen LogP contribution in [0, 0.1) is 12.7 Å². The zero-order valence-corrected chi connectivity index (χ0v) is 11.2. The predicted molar refractivity (Wildman–Crippen MR) is 77.3 cm³/mol. The second-order valence-electron chi connectivity index (χ2n) is 4.76. The van der Waals surface area contributed by atoms with Gasteiger partial charge in [0.25, 0.3) is 0 Å². The maximum absolute atomic E-state index is 13.1. The van der Waals surface area contributed by atoms with Gasteiger partial charge < -0.3 is 9.73 Å². The van der Waals surface area contributed by atoms with Gasteiger partial charge >= 0.3 is 0 Å². The first-order chi connectivity index (χ1) is 9.70. The molecule has 0 saturated carbocycles. The Bertz CT molecular complexity index is 719. The molecule has 0 aliphatic rings. The fourth-order valence-electron chi connectivity index (χ4n) is 2.04. The lowest BCUT2D eigenvalue weighted by Crippen LogP contribution is -2.04. The quantitative estimate of drug-likeness (QED) is 0.780. The van der Waals surface area contributed by atoms with Crippen molar-refractivity contribution >= 4 is 16.8 Å². The van der Waals surface area contributed by atoms with Gasteiger partial charge in [-0.1, -0.05) is 17.7 Å². The first-order valence-electron chi connectivity index (χ1n) is 6.56. The van der Waals surface area contributed by atoms with Gasteiger partial charge in [-0.2, -0.15) is 0 Å². The summed E-state index contributed by atoms with van der Waals surface area (Å²) in [5.41, 5.74) is 3.49. The minimum atomic E-state index is -0.296. The van der Waals surface area contributed by atoms with Crippen molar-refractivity contribution in [1.82, 2.24) is 4.98 Å². The van der Waals surface area contributed by atoms with Crippen LogP contribution < -0.4 is 5.32 Å². The van der Waals surface area contributed by atoms with Crippen molar-refractivity contribution in [3.8, 4) is 0 Å². The average molecular weight is 270 g/mol. The van der Waals surface area contributed by atoms with Gasteiger partial charge in [-0.25, -0.2) is 9.37 Å². The molecular weight excluding hydrogens is 255 g/mol. The Morgan fingerprint density at radius 3 is 2.75 bits per heavy atom. The number of hydrogen-bond donors (Lipinski definition) is 1. The average Bonchev–Trinajstić information content (AvgIpc) is 2.83. The summed E-state index contributed by atoms with van der Waals surface area (Å²) in [5, 5.41) is 3.30. The van der Waals surface area contributed by atoms with E-state index in [1.54, 1.807) is 6.07 Å². The normalized spacial score (nSPS) is 10.9. The van der Waals surface area contributed by atoms with Crippen LogP contribution in [-0.2, 0) is 6.42 Å². The monoisotopic (exact) mass is 270 g/mol. The topological polar surface area (TPSA) is 38.1 Å². The highest BCUT2D eigenvalue weighted by molar-refractivity contribution is 5.72. The number of benzene rings is 2. The lowest BCUT2D eigenvalue weighted by molar-refractivity contribution is 0.533. The van der Waals surface area contributed by atoms with E-state index in [2.05, 4.69) is 29.4 Å². The molecule has 0 fully saturated rings. The lowest BCUT2D eigenvalue weighted by atomic mass is 10.2.